The summed E-state index contributed by atoms with van der Waals surface area (Å²) >= 11 is 1.50. The summed E-state index contributed by atoms with van der Waals surface area (Å²) in [5.74, 6) is 0. The van der Waals surface area contributed by atoms with E-state index in [1.807, 2.05) is 12.3 Å². The fourth-order valence-electron chi connectivity index (χ4n) is 2.32. The van der Waals surface area contributed by atoms with E-state index in [0.717, 1.165) is 21.8 Å². The SMILES string of the molecule is Cc1ccc(Cc2cnc3scc(C)n3c2=O)cc1C. The zero-order valence-electron chi connectivity index (χ0n) is 11.8. The molecule has 2 heterocycles. The predicted octanol–water partition coefficient (Wildman–Crippen LogP) is 3.27. The number of nitrogens with zero attached hydrogens (tertiary/aromatic N) is 2. The van der Waals surface area contributed by atoms with Crippen molar-refractivity contribution < 1.29 is 0 Å². The number of hydrogen-bond donors (Lipinski definition) is 0. The van der Waals surface area contributed by atoms with Crippen molar-refractivity contribution in [1.29, 1.82) is 0 Å². The van der Waals surface area contributed by atoms with Crippen molar-refractivity contribution in [2.75, 3.05) is 0 Å². The van der Waals surface area contributed by atoms with Crippen LogP contribution in [0, 0.1) is 20.8 Å². The topological polar surface area (TPSA) is 34.4 Å². The molecule has 3 rings (SSSR count). The van der Waals surface area contributed by atoms with Crippen molar-refractivity contribution in [3.63, 3.8) is 0 Å². The molecule has 0 aliphatic heterocycles. The molecule has 0 amide bonds. The lowest BCUT2D eigenvalue weighted by atomic mass is 10.0. The van der Waals surface area contributed by atoms with E-state index in [9.17, 15) is 4.79 Å². The van der Waals surface area contributed by atoms with Crippen molar-refractivity contribution in [1.82, 2.24) is 9.38 Å². The summed E-state index contributed by atoms with van der Waals surface area (Å²) in [5, 5.41) is 1.96. The fourth-order valence-corrected chi connectivity index (χ4v) is 3.14. The molecule has 0 aliphatic rings. The van der Waals surface area contributed by atoms with E-state index in [1.54, 1.807) is 10.6 Å². The Balaban J connectivity index is 2.06. The third kappa shape index (κ3) is 2.16. The van der Waals surface area contributed by atoms with Gasteiger partial charge in [0.15, 0.2) is 4.96 Å². The van der Waals surface area contributed by atoms with Gasteiger partial charge in [-0.05, 0) is 37.5 Å². The molecule has 0 unspecified atom stereocenters. The highest BCUT2D eigenvalue weighted by atomic mass is 32.1. The summed E-state index contributed by atoms with van der Waals surface area (Å²) in [6.07, 6.45) is 2.34. The molecule has 0 saturated heterocycles. The summed E-state index contributed by atoms with van der Waals surface area (Å²) < 4.78 is 1.70. The molecule has 102 valence electrons. The van der Waals surface area contributed by atoms with Crippen LogP contribution in [0.2, 0.25) is 0 Å². The van der Waals surface area contributed by atoms with E-state index in [4.69, 9.17) is 0 Å². The van der Waals surface area contributed by atoms with Gasteiger partial charge in [0, 0.05) is 29.3 Å². The highest BCUT2D eigenvalue weighted by molar-refractivity contribution is 7.15. The van der Waals surface area contributed by atoms with E-state index >= 15 is 0 Å². The lowest BCUT2D eigenvalue weighted by molar-refractivity contribution is 0.968. The molecule has 0 N–H and O–H groups in total. The van der Waals surface area contributed by atoms with Gasteiger partial charge in [-0.1, -0.05) is 18.2 Å². The molecule has 3 aromatic rings. The number of hydrogen-bond acceptors (Lipinski definition) is 3. The number of thiazole rings is 1. The monoisotopic (exact) mass is 284 g/mol. The Labute approximate surface area is 121 Å². The summed E-state index contributed by atoms with van der Waals surface area (Å²) in [6.45, 7) is 6.12. The van der Waals surface area contributed by atoms with Gasteiger partial charge >= 0.3 is 0 Å². The maximum absolute atomic E-state index is 12.5. The van der Waals surface area contributed by atoms with Crippen LogP contribution in [-0.4, -0.2) is 9.38 Å². The third-order valence-corrected chi connectivity index (χ3v) is 4.61. The minimum atomic E-state index is 0.0481. The molecule has 20 heavy (non-hydrogen) atoms. The number of rotatable bonds is 2. The second-order valence-electron chi connectivity index (χ2n) is 5.18. The number of aromatic nitrogens is 2. The lowest BCUT2D eigenvalue weighted by Gasteiger charge is -2.05. The Bertz CT molecular complexity index is 845. The molecule has 1 aromatic carbocycles. The predicted molar refractivity (Wildman–Crippen MR) is 82.8 cm³/mol. The van der Waals surface area contributed by atoms with Gasteiger partial charge in [-0.3, -0.25) is 9.20 Å². The zero-order valence-corrected chi connectivity index (χ0v) is 12.6. The minimum absolute atomic E-state index is 0.0481. The molecule has 3 nitrogen and oxygen atoms in total. The van der Waals surface area contributed by atoms with Gasteiger partial charge in [0.25, 0.3) is 5.56 Å². The van der Waals surface area contributed by atoms with Gasteiger partial charge in [-0.2, -0.15) is 0 Å². The van der Waals surface area contributed by atoms with Crippen LogP contribution in [0.5, 0.6) is 0 Å². The minimum Gasteiger partial charge on any atom is -0.269 e. The van der Waals surface area contributed by atoms with Crippen LogP contribution in [0.15, 0.2) is 34.6 Å². The van der Waals surface area contributed by atoms with Crippen LogP contribution in [0.3, 0.4) is 0 Å². The maximum atomic E-state index is 12.5. The number of fused-ring (bicyclic) bond motifs is 1. The van der Waals surface area contributed by atoms with Crippen LogP contribution in [0.4, 0.5) is 0 Å². The van der Waals surface area contributed by atoms with Crippen LogP contribution in [0.1, 0.15) is 27.9 Å². The molecule has 0 saturated carbocycles. The van der Waals surface area contributed by atoms with Crippen molar-refractivity contribution >= 4 is 16.3 Å². The van der Waals surface area contributed by atoms with Gasteiger partial charge in [-0.15, -0.1) is 11.3 Å². The third-order valence-electron chi connectivity index (χ3n) is 3.65. The summed E-state index contributed by atoms with van der Waals surface area (Å²) in [6, 6.07) is 6.32. The molecular weight excluding hydrogens is 268 g/mol. The van der Waals surface area contributed by atoms with Crippen molar-refractivity contribution in [3.8, 4) is 0 Å². The Kier molecular flexibility index (Phi) is 3.18. The second kappa shape index (κ2) is 4.87. The van der Waals surface area contributed by atoms with Gasteiger partial charge in [0.05, 0.1) is 0 Å². The Morgan fingerprint density at radius 1 is 1.20 bits per heavy atom. The van der Waals surface area contributed by atoms with E-state index in [0.29, 0.717) is 6.42 Å². The normalized spacial score (nSPS) is 11.2. The average molecular weight is 284 g/mol. The first kappa shape index (κ1) is 13.1. The van der Waals surface area contributed by atoms with E-state index in [1.165, 1.54) is 22.5 Å². The average Bonchev–Trinajstić information content (AvgIpc) is 2.79. The summed E-state index contributed by atoms with van der Waals surface area (Å²) in [5.41, 5.74) is 5.42. The molecule has 0 bridgehead atoms. The Morgan fingerprint density at radius 2 is 2.00 bits per heavy atom. The van der Waals surface area contributed by atoms with Crippen LogP contribution < -0.4 is 5.56 Å². The van der Waals surface area contributed by atoms with Crippen molar-refractivity contribution in [2.24, 2.45) is 0 Å². The molecule has 0 fully saturated rings. The van der Waals surface area contributed by atoms with Gasteiger partial charge in [0.2, 0.25) is 0 Å². The highest BCUT2D eigenvalue weighted by Gasteiger charge is 2.09. The van der Waals surface area contributed by atoms with Gasteiger partial charge < -0.3 is 0 Å². The highest BCUT2D eigenvalue weighted by Crippen LogP contribution is 2.14. The zero-order chi connectivity index (χ0) is 14.3. The molecule has 4 heteroatoms. The largest absolute Gasteiger partial charge is 0.269 e. The molecule has 0 radical (unpaired) electrons. The molecular formula is C16H16N2OS. The molecule has 0 aliphatic carbocycles. The Hall–Kier alpha value is -1.94. The van der Waals surface area contributed by atoms with Crippen LogP contribution in [0.25, 0.3) is 4.96 Å². The quantitative estimate of drug-likeness (QED) is 0.724. The number of benzene rings is 1. The summed E-state index contributed by atoms with van der Waals surface area (Å²) in [4.78, 5) is 17.6. The van der Waals surface area contributed by atoms with Crippen molar-refractivity contribution in [2.45, 2.75) is 27.2 Å². The second-order valence-corrected chi connectivity index (χ2v) is 6.02. The first-order chi connectivity index (χ1) is 9.56. The Morgan fingerprint density at radius 3 is 2.75 bits per heavy atom. The van der Waals surface area contributed by atoms with E-state index in [2.05, 4.69) is 37.0 Å². The first-order valence-electron chi connectivity index (χ1n) is 6.57. The smallest absolute Gasteiger partial charge is 0.262 e. The number of aryl methyl sites for hydroxylation is 3. The lowest BCUT2D eigenvalue weighted by Crippen LogP contribution is -2.19. The van der Waals surface area contributed by atoms with Crippen LogP contribution >= 0.6 is 11.3 Å². The van der Waals surface area contributed by atoms with Crippen LogP contribution in [-0.2, 0) is 6.42 Å². The van der Waals surface area contributed by atoms with E-state index in [-0.39, 0.29) is 5.56 Å². The maximum Gasteiger partial charge on any atom is 0.262 e. The molecule has 0 atom stereocenters. The van der Waals surface area contributed by atoms with Crippen molar-refractivity contribution in [3.05, 3.63) is 68.1 Å². The first-order valence-corrected chi connectivity index (χ1v) is 7.45. The van der Waals surface area contributed by atoms with Gasteiger partial charge in [0.1, 0.15) is 0 Å². The molecule has 2 aromatic heterocycles. The van der Waals surface area contributed by atoms with Gasteiger partial charge in [-0.25, -0.2) is 4.98 Å². The fraction of sp³-hybridized carbons (Fsp3) is 0.250. The summed E-state index contributed by atoms with van der Waals surface area (Å²) in [7, 11) is 0. The molecule has 0 spiro atoms. The van der Waals surface area contributed by atoms with E-state index < -0.39 is 0 Å². The standard InChI is InChI=1S/C16H16N2OS/c1-10-4-5-13(6-11(10)2)7-14-8-17-16-18(15(14)19)12(3)9-20-16/h4-6,8-9H,7H2,1-3H3.